The number of amidine groups is 1. The first-order chi connectivity index (χ1) is 12.1. The molecule has 5 heteroatoms. The van der Waals surface area contributed by atoms with Crippen molar-refractivity contribution in [2.24, 2.45) is 0 Å². The van der Waals surface area contributed by atoms with Crippen molar-refractivity contribution in [1.29, 1.82) is 0 Å². The molecule has 4 rings (SSSR count). The maximum Gasteiger partial charge on any atom is 0.271 e. The van der Waals surface area contributed by atoms with Crippen LogP contribution in [0, 0.1) is 0 Å². The Balaban J connectivity index is 1.79. The number of hydrogen-bond acceptors (Lipinski definition) is 2. The maximum absolute atomic E-state index is 11.7. The number of halogens is 2. The molecule has 1 N–H and O–H groups in total. The molecule has 2 aromatic carbocycles. The number of hydrogen-bond donors (Lipinski definition) is 1. The highest BCUT2D eigenvalue weighted by molar-refractivity contribution is 9.10. The van der Waals surface area contributed by atoms with Gasteiger partial charge in [0.15, 0.2) is 6.54 Å². The van der Waals surface area contributed by atoms with Crippen LogP contribution in [0.2, 0.25) is 0 Å². The van der Waals surface area contributed by atoms with Crippen LogP contribution in [0.3, 0.4) is 0 Å². The SMILES string of the molecule is O[C@]1(c2ccc(Br)cc2)CN(c2ccc(Br)cc2)C2=[N+]1CCCCC2. The van der Waals surface area contributed by atoms with E-state index in [0.29, 0.717) is 6.54 Å². The van der Waals surface area contributed by atoms with Crippen molar-refractivity contribution in [2.45, 2.75) is 31.4 Å². The summed E-state index contributed by atoms with van der Waals surface area (Å²) in [5.74, 6) is 1.24. The molecule has 0 saturated heterocycles. The molecule has 2 aliphatic rings. The molecule has 0 saturated carbocycles. The molecule has 0 aromatic heterocycles. The second-order valence-corrected chi connectivity index (χ2v) is 8.60. The first kappa shape index (κ1) is 17.3. The van der Waals surface area contributed by atoms with E-state index in [0.717, 1.165) is 39.6 Å². The minimum absolute atomic E-state index is 0.561. The quantitative estimate of drug-likeness (QED) is 0.642. The van der Waals surface area contributed by atoms with Crippen molar-refractivity contribution in [3.8, 4) is 0 Å². The van der Waals surface area contributed by atoms with Gasteiger partial charge in [-0.15, -0.1) is 0 Å². The lowest BCUT2D eigenvalue weighted by Crippen LogP contribution is -2.41. The largest absolute Gasteiger partial charge is 0.346 e. The van der Waals surface area contributed by atoms with Crippen molar-refractivity contribution >= 4 is 43.4 Å². The van der Waals surface area contributed by atoms with Crippen molar-refractivity contribution in [2.75, 3.05) is 18.0 Å². The smallest absolute Gasteiger partial charge is 0.271 e. The fourth-order valence-corrected chi connectivity index (χ4v) is 4.42. The first-order valence-corrected chi connectivity index (χ1v) is 10.3. The number of benzene rings is 2. The summed E-state index contributed by atoms with van der Waals surface area (Å²) in [5, 5.41) is 11.7. The van der Waals surface area contributed by atoms with Gasteiger partial charge in [0.05, 0.1) is 6.54 Å². The highest BCUT2D eigenvalue weighted by Crippen LogP contribution is 2.36. The van der Waals surface area contributed by atoms with E-state index in [9.17, 15) is 5.11 Å². The van der Waals surface area contributed by atoms with E-state index in [1.165, 1.54) is 18.7 Å². The standard InChI is InChI=1S/C20H21Br2N2O/c21-16-7-5-15(6-8-16)20(25)14-23(18-11-9-17(22)10-12-18)19-4-2-1-3-13-24(19)20/h5-12,25H,1-4,13-14H2/q+1/t20-/m0/s1. The lowest BCUT2D eigenvalue weighted by molar-refractivity contribution is -0.658. The molecule has 2 aliphatic heterocycles. The Morgan fingerprint density at radius 1 is 0.880 bits per heavy atom. The molecule has 0 radical (unpaired) electrons. The highest BCUT2D eigenvalue weighted by Gasteiger charge is 2.51. The summed E-state index contributed by atoms with van der Waals surface area (Å²) in [5.41, 5.74) is 1.11. The number of nitrogens with zero attached hydrogens (tertiary/aromatic N) is 2. The molecule has 0 amide bonds. The molecule has 0 aliphatic carbocycles. The van der Waals surface area contributed by atoms with Crippen LogP contribution < -0.4 is 4.90 Å². The first-order valence-electron chi connectivity index (χ1n) is 8.73. The van der Waals surface area contributed by atoms with Crippen LogP contribution in [-0.4, -0.2) is 28.6 Å². The van der Waals surface area contributed by atoms with Crippen LogP contribution >= 0.6 is 31.9 Å². The molecule has 3 nitrogen and oxygen atoms in total. The van der Waals surface area contributed by atoms with E-state index >= 15 is 0 Å². The summed E-state index contributed by atoms with van der Waals surface area (Å²) in [6.45, 7) is 1.46. The van der Waals surface area contributed by atoms with Gasteiger partial charge in [-0.05, 0) is 55.7 Å². The van der Waals surface area contributed by atoms with Crippen molar-refractivity contribution in [3.05, 3.63) is 63.0 Å². The fourth-order valence-electron chi connectivity index (χ4n) is 3.90. The van der Waals surface area contributed by atoms with Gasteiger partial charge in [0, 0.05) is 20.9 Å². The van der Waals surface area contributed by atoms with Gasteiger partial charge in [-0.1, -0.05) is 44.0 Å². The maximum atomic E-state index is 11.7. The van der Waals surface area contributed by atoms with Crippen molar-refractivity contribution in [1.82, 2.24) is 0 Å². The molecule has 2 aromatic rings. The second kappa shape index (κ2) is 6.86. The monoisotopic (exact) mass is 463 g/mol. The summed E-state index contributed by atoms with van der Waals surface area (Å²) in [7, 11) is 0. The van der Waals surface area contributed by atoms with Crippen LogP contribution in [0.1, 0.15) is 31.2 Å². The molecule has 0 fully saturated rings. The summed E-state index contributed by atoms with van der Waals surface area (Å²) in [4.78, 5) is 2.29. The van der Waals surface area contributed by atoms with Crippen LogP contribution in [0.25, 0.3) is 0 Å². The van der Waals surface area contributed by atoms with Gasteiger partial charge in [0.2, 0.25) is 0 Å². The van der Waals surface area contributed by atoms with Crippen LogP contribution in [0.5, 0.6) is 0 Å². The number of anilines is 1. The topological polar surface area (TPSA) is 26.5 Å². The minimum atomic E-state index is -0.979. The third kappa shape index (κ3) is 3.18. The average Bonchev–Trinajstić information content (AvgIpc) is 2.78. The average molecular weight is 465 g/mol. The van der Waals surface area contributed by atoms with Gasteiger partial charge in [0.25, 0.3) is 11.6 Å². The van der Waals surface area contributed by atoms with Crippen molar-refractivity contribution in [3.63, 3.8) is 0 Å². The number of aliphatic hydroxyl groups is 1. The molecule has 1 atom stereocenters. The molecular formula is C20H21Br2N2O+. The minimum Gasteiger partial charge on any atom is -0.346 e. The normalized spacial score (nSPS) is 23.6. The van der Waals surface area contributed by atoms with Crippen molar-refractivity contribution < 1.29 is 9.68 Å². The van der Waals surface area contributed by atoms with Gasteiger partial charge in [-0.3, -0.25) is 0 Å². The molecule has 0 bridgehead atoms. The van der Waals surface area contributed by atoms with E-state index in [-0.39, 0.29) is 0 Å². The van der Waals surface area contributed by atoms with E-state index in [4.69, 9.17) is 0 Å². The fraction of sp³-hybridized carbons (Fsp3) is 0.350. The van der Waals surface area contributed by atoms with E-state index in [1.54, 1.807) is 0 Å². The zero-order valence-electron chi connectivity index (χ0n) is 14.0. The molecule has 2 heterocycles. The van der Waals surface area contributed by atoms with Gasteiger partial charge in [-0.25, -0.2) is 9.48 Å². The molecule has 0 spiro atoms. The van der Waals surface area contributed by atoms with Crippen LogP contribution in [0.15, 0.2) is 57.5 Å². The van der Waals surface area contributed by atoms with Gasteiger partial charge < -0.3 is 5.11 Å². The highest BCUT2D eigenvalue weighted by atomic mass is 79.9. The van der Waals surface area contributed by atoms with Gasteiger partial charge >= 0.3 is 0 Å². The Bertz CT molecular complexity index is 801. The molecular weight excluding hydrogens is 444 g/mol. The Labute approximate surface area is 165 Å². The Kier molecular flexibility index (Phi) is 4.73. The number of rotatable bonds is 2. The Morgan fingerprint density at radius 2 is 1.52 bits per heavy atom. The third-order valence-electron chi connectivity index (χ3n) is 5.18. The molecule has 0 unspecified atom stereocenters. The summed E-state index contributed by atoms with van der Waals surface area (Å²) < 4.78 is 4.33. The third-order valence-corrected chi connectivity index (χ3v) is 6.23. The molecule has 25 heavy (non-hydrogen) atoms. The summed E-state index contributed by atoms with van der Waals surface area (Å²) in [6, 6.07) is 16.4. The van der Waals surface area contributed by atoms with Gasteiger partial charge in [0.1, 0.15) is 5.69 Å². The van der Waals surface area contributed by atoms with Crippen LogP contribution in [0.4, 0.5) is 5.69 Å². The second-order valence-electron chi connectivity index (χ2n) is 6.76. The zero-order valence-corrected chi connectivity index (χ0v) is 17.1. The zero-order chi connectivity index (χ0) is 17.4. The molecule has 130 valence electrons. The lowest BCUT2D eigenvalue weighted by Gasteiger charge is -2.23. The summed E-state index contributed by atoms with van der Waals surface area (Å²) >= 11 is 7.00. The van der Waals surface area contributed by atoms with E-state index < -0.39 is 5.72 Å². The van der Waals surface area contributed by atoms with Gasteiger partial charge in [-0.2, -0.15) is 0 Å². The lowest BCUT2D eigenvalue weighted by atomic mass is 10.0. The Hall–Kier alpha value is -1.17. The predicted octanol–water partition coefficient (Wildman–Crippen LogP) is 4.86. The number of β-amino-alcohol motifs (C(OH)–C–C–N with tert-alkyl or cyclic N) is 1. The summed E-state index contributed by atoms with van der Waals surface area (Å²) in [6.07, 6.45) is 4.52. The van der Waals surface area contributed by atoms with E-state index in [2.05, 4.69) is 65.6 Å². The predicted molar refractivity (Wildman–Crippen MR) is 108 cm³/mol. The van der Waals surface area contributed by atoms with Crippen LogP contribution in [-0.2, 0) is 5.72 Å². The Morgan fingerprint density at radius 3 is 2.20 bits per heavy atom. The van der Waals surface area contributed by atoms with E-state index in [1.807, 2.05) is 24.3 Å².